The zero-order chi connectivity index (χ0) is 38.9. The molecule has 6 aliphatic rings. The van der Waals surface area contributed by atoms with Gasteiger partial charge < -0.3 is 4.90 Å². The van der Waals surface area contributed by atoms with Crippen molar-refractivity contribution in [3.63, 3.8) is 0 Å². The second-order valence-corrected chi connectivity index (χ2v) is 19.8. The van der Waals surface area contributed by atoms with E-state index in [1.165, 1.54) is 145 Å². The molecule has 0 aliphatic heterocycles. The highest BCUT2D eigenvalue weighted by molar-refractivity contribution is 5.94. The van der Waals surface area contributed by atoms with Crippen molar-refractivity contribution in [2.24, 2.45) is 17.8 Å². The van der Waals surface area contributed by atoms with Crippen molar-refractivity contribution in [1.29, 1.82) is 0 Å². The first-order valence-corrected chi connectivity index (χ1v) is 22.8. The topological polar surface area (TPSA) is 3.24 Å². The van der Waals surface area contributed by atoms with E-state index in [9.17, 15) is 0 Å². The molecule has 4 bridgehead atoms. The van der Waals surface area contributed by atoms with Crippen molar-refractivity contribution in [1.82, 2.24) is 0 Å². The highest BCUT2D eigenvalue weighted by Crippen LogP contribution is 2.61. The second-order valence-electron chi connectivity index (χ2n) is 19.8. The Labute approximate surface area is 347 Å². The molecule has 1 heteroatoms. The van der Waals surface area contributed by atoms with Gasteiger partial charge in [-0.25, -0.2) is 0 Å². The van der Waals surface area contributed by atoms with Crippen LogP contribution in [0.1, 0.15) is 125 Å². The number of fused-ring (bicyclic) bond motifs is 3. The van der Waals surface area contributed by atoms with Crippen LogP contribution < -0.4 is 4.90 Å². The maximum absolute atomic E-state index is 2.55. The van der Waals surface area contributed by atoms with E-state index in [2.05, 4.69) is 164 Å². The quantitative estimate of drug-likeness (QED) is 0.157. The van der Waals surface area contributed by atoms with E-state index < -0.39 is 0 Å². The van der Waals surface area contributed by atoms with Crippen molar-refractivity contribution in [3.8, 4) is 22.3 Å². The predicted molar refractivity (Wildman–Crippen MR) is 244 cm³/mol. The van der Waals surface area contributed by atoms with Gasteiger partial charge in [-0.05, 0) is 161 Å². The molecule has 0 amide bonds. The Morgan fingerprint density at radius 2 is 0.983 bits per heavy atom. The minimum atomic E-state index is -0.121. The standard InChI is InChI=1S/C57H59N/c1-55(2)52-20-14-19-50(43-15-8-6-9-16-43)54(52)51-30-29-49(36-53(51)55)58(47-25-21-44(22-26-47)56-37-40-33-41(38-56)35-42(34-40)39-56)48-27-23-46(24-28-48)57(45-17-10-7-11-18-45)31-12-4-3-5-13-32-57/h6-11,14-30,36,40-42H,3-5,12-13,31-35,37-39H2,1-2H3. The van der Waals surface area contributed by atoms with Crippen LogP contribution >= 0.6 is 0 Å². The van der Waals surface area contributed by atoms with Gasteiger partial charge in [0.1, 0.15) is 0 Å². The normalized spacial score (nSPS) is 25.0. The fourth-order valence-electron chi connectivity index (χ4n) is 13.6. The largest absolute Gasteiger partial charge is 0.310 e. The van der Waals surface area contributed by atoms with Gasteiger partial charge in [0, 0.05) is 27.9 Å². The second kappa shape index (κ2) is 14.1. The lowest BCUT2D eigenvalue weighted by Gasteiger charge is -2.57. The van der Waals surface area contributed by atoms with Crippen LogP contribution in [-0.2, 0) is 16.2 Å². The Bertz CT molecular complexity index is 2380. The molecule has 0 aromatic heterocycles. The number of nitrogens with zero attached hydrogens (tertiary/aromatic N) is 1. The molecule has 12 rings (SSSR count). The molecule has 6 aliphatic carbocycles. The number of anilines is 3. The Morgan fingerprint density at radius 3 is 1.60 bits per heavy atom. The fourth-order valence-corrected chi connectivity index (χ4v) is 13.6. The van der Waals surface area contributed by atoms with Crippen molar-refractivity contribution in [2.45, 2.75) is 114 Å². The van der Waals surface area contributed by atoms with E-state index in [1.54, 1.807) is 5.56 Å². The molecule has 0 radical (unpaired) electrons. The predicted octanol–water partition coefficient (Wildman–Crippen LogP) is 15.6. The highest BCUT2D eigenvalue weighted by atomic mass is 15.1. The van der Waals surface area contributed by atoms with E-state index in [-0.39, 0.29) is 10.8 Å². The van der Waals surface area contributed by atoms with Gasteiger partial charge in [-0.15, -0.1) is 0 Å². The molecule has 0 atom stereocenters. The van der Waals surface area contributed by atoms with Crippen LogP contribution in [0.3, 0.4) is 0 Å². The molecule has 6 aromatic carbocycles. The molecule has 5 saturated carbocycles. The lowest BCUT2D eigenvalue weighted by Crippen LogP contribution is -2.48. The number of benzene rings is 6. The maximum Gasteiger partial charge on any atom is 0.0465 e. The van der Waals surface area contributed by atoms with Gasteiger partial charge in [0.15, 0.2) is 0 Å². The molecule has 0 spiro atoms. The number of hydrogen-bond acceptors (Lipinski definition) is 1. The Hall–Kier alpha value is -4.88. The van der Waals surface area contributed by atoms with Crippen molar-refractivity contribution >= 4 is 17.1 Å². The van der Waals surface area contributed by atoms with Crippen LogP contribution in [0.5, 0.6) is 0 Å². The van der Waals surface area contributed by atoms with Crippen LogP contribution in [-0.4, -0.2) is 0 Å². The Morgan fingerprint density at radius 1 is 0.448 bits per heavy atom. The Balaban J connectivity index is 1.02. The smallest absolute Gasteiger partial charge is 0.0465 e. The molecule has 6 aromatic rings. The molecule has 0 saturated heterocycles. The van der Waals surface area contributed by atoms with Crippen LogP contribution in [0.25, 0.3) is 22.3 Å². The van der Waals surface area contributed by atoms with E-state index in [4.69, 9.17) is 0 Å². The van der Waals surface area contributed by atoms with E-state index in [1.807, 2.05) is 0 Å². The van der Waals surface area contributed by atoms with Crippen molar-refractivity contribution in [3.05, 3.63) is 173 Å². The summed E-state index contributed by atoms with van der Waals surface area (Å²) in [6, 6.07) is 56.5. The Kier molecular flexibility index (Phi) is 8.83. The van der Waals surface area contributed by atoms with E-state index >= 15 is 0 Å². The summed E-state index contributed by atoms with van der Waals surface area (Å²) in [5.41, 5.74) is 16.8. The molecule has 5 fully saturated rings. The summed E-state index contributed by atoms with van der Waals surface area (Å²) in [6.45, 7) is 4.85. The maximum atomic E-state index is 2.55. The van der Waals surface area contributed by atoms with Crippen LogP contribution in [0.4, 0.5) is 17.1 Å². The summed E-state index contributed by atoms with van der Waals surface area (Å²) in [5, 5.41) is 0. The zero-order valence-electron chi connectivity index (χ0n) is 34.7. The molecular formula is C57H59N. The molecule has 0 unspecified atom stereocenters. The summed E-state index contributed by atoms with van der Waals surface area (Å²) in [7, 11) is 0. The van der Waals surface area contributed by atoms with Gasteiger partial charge in [-0.2, -0.15) is 0 Å². The van der Waals surface area contributed by atoms with Crippen molar-refractivity contribution in [2.75, 3.05) is 4.90 Å². The summed E-state index contributed by atoms with van der Waals surface area (Å²) < 4.78 is 0. The molecule has 58 heavy (non-hydrogen) atoms. The SMILES string of the molecule is CC1(C)c2cc(N(c3ccc(C45CC6CC(CC(C6)C4)C5)cc3)c3ccc(C4(c5ccccc5)CCCCCCC4)cc3)ccc2-c2c(-c3ccccc3)cccc21. The summed E-state index contributed by atoms with van der Waals surface area (Å²) in [5.74, 6) is 2.83. The lowest BCUT2D eigenvalue weighted by molar-refractivity contribution is -0.00518. The summed E-state index contributed by atoms with van der Waals surface area (Å²) >= 11 is 0. The minimum Gasteiger partial charge on any atom is -0.310 e. The molecule has 0 heterocycles. The van der Waals surface area contributed by atoms with Crippen LogP contribution in [0.15, 0.2) is 146 Å². The number of rotatable bonds is 7. The van der Waals surface area contributed by atoms with Gasteiger partial charge >= 0.3 is 0 Å². The third-order valence-electron chi connectivity index (χ3n) is 16.0. The van der Waals surface area contributed by atoms with Gasteiger partial charge in [0.25, 0.3) is 0 Å². The summed E-state index contributed by atoms with van der Waals surface area (Å²) in [4.78, 5) is 2.55. The van der Waals surface area contributed by atoms with Crippen LogP contribution in [0.2, 0.25) is 0 Å². The molecule has 0 N–H and O–H groups in total. The minimum absolute atomic E-state index is 0.0599. The van der Waals surface area contributed by atoms with Gasteiger partial charge in [-0.1, -0.05) is 155 Å². The molecule has 292 valence electrons. The first kappa shape index (κ1) is 36.2. The monoisotopic (exact) mass is 757 g/mol. The van der Waals surface area contributed by atoms with Gasteiger partial charge in [-0.3, -0.25) is 0 Å². The van der Waals surface area contributed by atoms with Crippen molar-refractivity contribution < 1.29 is 0 Å². The fraction of sp³-hybridized carbons (Fsp3) is 0.368. The first-order valence-electron chi connectivity index (χ1n) is 22.8. The third kappa shape index (κ3) is 5.93. The summed E-state index contributed by atoms with van der Waals surface area (Å²) in [6.07, 6.45) is 17.7. The zero-order valence-corrected chi connectivity index (χ0v) is 34.7. The highest BCUT2D eigenvalue weighted by Gasteiger charge is 2.51. The van der Waals surface area contributed by atoms with Crippen LogP contribution in [0, 0.1) is 17.8 Å². The van der Waals surface area contributed by atoms with E-state index in [0.717, 1.165) is 17.8 Å². The third-order valence-corrected chi connectivity index (χ3v) is 16.0. The molecular weight excluding hydrogens is 699 g/mol. The van der Waals surface area contributed by atoms with E-state index in [0.29, 0.717) is 5.41 Å². The lowest BCUT2D eigenvalue weighted by atomic mass is 9.48. The van der Waals surface area contributed by atoms with Gasteiger partial charge in [0.2, 0.25) is 0 Å². The average molecular weight is 758 g/mol. The first-order chi connectivity index (χ1) is 28.4. The average Bonchev–Trinajstić information content (AvgIpc) is 3.47. The molecule has 1 nitrogen and oxygen atoms in total. The number of hydrogen-bond donors (Lipinski definition) is 0. The van der Waals surface area contributed by atoms with Gasteiger partial charge in [0.05, 0.1) is 0 Å².